The van der Waals surface area contributed by atoms with Crippen LogP contribution in [0.25, 0.3) is 17.5 Å². The van der Waals surface area contributed by atoms with Crippen LogP contribution in [-0.4, -0.2) is 71.1 Å². The summed E-state index contributed by atoms with van der Waals surface area (Å²) < 4.78 is 9.81. The van der Waals surface area contributed by atoms with E-state index in [1.54, 1.807) is 4.68 Å². The topological polar surface area (TPSA) is 103 Å². The fraction of sp³-hybridized carbons (Fsp3) is 0.588. The van der Waals surface area contributed by atoms with Crippen molar-refractivity contribution in [2.75, 3.05) is 26.7 Å². The van der Waals surface area contributed by atoms with Crippen LogP contribution < -0.4 is 0 Å². The van der Waals surface area contributed by atoms with Crippen LogP contribution in [0.4, 0.5) is 0 Å². The van der Waals surface area contributed by atoms with Crippen molar-refractivity contribution in [3.8, 4) is 17.5 Å². The number of nitrogens with one attached hydrogen (secondary N) is 1. The Balaban J connectivity index is 1.58. The predicted octanol–water partition coefficient (Wildman–Crippen LogP) is 1.15. The van der Waals surface area contributed by atoms with Gasteiger partial charge in [-0.25, -0.2) is 15.1 Å². The number of nitrogens with zero attached hydrogens (tertiary/aromatic N) is 8. The Bertz CT molecular complexity index is 929. The molecule has 1 saturated heterocycles. The molecule has 10 nitrogen and oxygen atoms in total. The summed E-state index contributed by atoms with van der Waals surface area (Å²) in [5.41, 5.74) is 0.804. The van der Waals surface area contributed by atoms with Gasteiger partial charge in [-0.1, -0.05) is 6.92 Å². The largest absolute Gasteiger partial charge is 0.367 e. The van der Waals surface area contributed by atoms with Crippen LogP contribution in [0.1, 0.15) is 43.4 Å². The zero-order valence-electron chi connectivity index (χ0n) is 15.5. The van der Waals surface area contributed by atoms with Gasteiger partial charge >= 0.3 is 0 Å². The number of ether oxygens (including phenoxy) is 1. The SMILES string of the molecule is CC1CCCn2cc(-c3nc(C4CN(C)CCO4)nn3-c3ncn[nH]3)nc21. The second-order valence-electron chi connectivity index (χ2n) is 7.36. The minimum Gasteiger partial charge on any atom is -0.367 e. The molecule has 142 valence electrons. The summed E-state index contributed by atoms with van der Waals surface area (Å²) in [6.07, 6.45) is 5.71. The Morgan fingerprint density at radius 2 is 2.19 bits per heavy atom. The van der Waals surface area contributed by atoms with Gasteiger partial charge in [-0.15, -0.1) is 5.10 Å². The minimum atomic E-state index is -0.164. The second-order valence-corrected chi connectivity index (χ2v) is 7.36. The van der Waals surface area contributed by atoms with Crippen molar-refractivity contribution in [3.05, 3.63) is 24.2 Å². The number of hydrogen-bond donors (Lipinski definition) is 1. The van der Waals surface area contributed by atoms with E-state index in [2.05, 4.69) is 49.9 Å². The van der Waals surface area contributed by atoms with Crippen molar-refractivity contribution < 1.29 is 4.74 Å². The third-order valence-corrected chi connectivity index (χ3v) is 5.30. The van der Waals surface area contributed by atoms with E-state index in [-0.39, 0.29) is 6.10 Å². The fourth-order valence-corrected chi connectivity index (χ4v) is 3.82. The van der Waals surface area contributed by atoms with Gasteiger partial charge in [0.1, 0.15) is 23.9 Å². The van der Waals surface area contributed by atoms with E-state index in [9.17, 15) is 0 Å². The molecule has 0 aromatic carbocycles. The zero-order chi connectivity index (χ0) is 18.4. The summed E-state index contributed by atoms with van der Waals surface area (Å²) in [7, 11) is 2.08. The third kappa shape index (κ3) is 2.94. The Kier molecular flexibility index (Phi) is 4.01. The van der Waals surface area contributed by atoms with Crippen LogP contribution in [0.2, 0.25) is 0 Å². The molecule has 1 N–H and O–H groups in total. The van der Waals surface area contributed by atoms with E-state index in [1.165, 1.54) is 19.2 Å². The quantitative estimate of drug-likeness (QED) is 0.739. The number of likely N-dealkylation sites (N-methyl/N-ethyl adjacent to an activating group) is 1. The van der Waals surface area contributed by atoms with Crippen molar-refractivity contribution in [2.24, 2.45) is 0 Å². The average Bonchev–Trinajstić information content (AvgIpc) is 3.40. The fourth-order valence-electron chi connectivity index (χ4n) is 3.82. The van der Waals surface area contributed by atoms with Gasteiger partial charge in [0.25, 0.3) is 0 Å². The van der Waals surface area contributed by atoms with E-state index in [1.807, 2.05) is 0 Å². The van der Waals surface area contributed by atoms with Gasteiger partial charge in [-0.05, 0) is 19.9 Å². The van der Waals surface area contributed by atoms with Gasteiger partial charge < -0.3 is 14.2 Å². The highest BCUT2D eigenvalue weighted by atomic mass is 16.5. The van der Waals surface area contributed by atoms with Crippen molar-refractivity contribution in [1.29, 1.82) is 0 Å². The van der Waals surface area contributed by atoms with Crippen LogP contribution in [0.3, 0.4) is 0 Å². The lowest BCUT2D eigenvalue weighted by molar-refractivity contribution is -0.0254. The van der Waals surface area contributed by atoms with Gasteiger partial charge in [0, 0.05) is 31.7 Å². The summed E-state index contributed by atoms with van der Waals surface area (Å²) in [5, 5.41) is 11.5. The molecule has 0 aliphatic carbocycles. The van der Waals surface area contributed by atoms with E-state index >= 15 is 0 Å². The number of rotatable bonds is 3. The minimum absolute atomic E-state index is 0.164. The Morgan fingerprint density at radius 1 is 1.26 bits per heavy atom. The number of fused-ring (bicyclic) bond motifs is 1. The Labute approximate surface area is 156 Å². The average molecular weight is 369 g/mol. The molecule has 10 heteroatoms. The third-order valence-electron chi connectivity index (χ3n) is 5.30. The van der Waals surface area contributed by atoms with Crippen LogP contribution in [0, 0.1) is 0 Å². The standard InChI is InChI=1S/C17H23N9O/c1-11-4-3-5-25-8-12(20-15(11)25)16-21-14(13-9-24(2)6-7-27-13)23-26(16)17-18-10-19-22-17/h8,10-11,13H,3-7,9H2,1-2H3,(H,18,19,22). The Morgan fingerprint density at radius 3 is 2.96 bits per heavy atom. The van der Waals surface area contributed by atoms with Crippen molar-refractivity contribution in [3.63, 3.8) is 0 Å². The molecular weight excluding hydrogens is 346 g/mol. The summed E-state index contributed by atoms with van der Waals surface area (Å²) in [6, 6.07) is 0. The normalized spacial score (nSPS) is 23.5. The van der Waals surface area contributed by atoms with Crippen molar-refractivity contribution in [1.82, 2.24) is 44.4 Å². The first-order chi connectivity index (χ1) is 13.2. The molecule has 1 fully saturated rings. The maximum absolute atomic E-state index is 5.90. The molecule has 3 aromatic heterocycles. The van der Waals surface area contributed by atoms with Crippen LogP contribution in [0.5, 0.6) is 0 Å². The van der Waals surface area contributed by atoms with Crippen LogP contribution >= 0.6 is 0 Å². The smallest absolute Gasteiger partial charge is 0.248 e. The lowest BCUT2D eigenvalue weighted by Gasteiger charge is -2.28. The maximum Gasteiger partial charge on any atom is 0.248 e. The van der Waals surface area contributed by atoms with E-state index in [0.717, 1.165) is 31.2 Å². The van der Waals surface area contributed by atoms with E-state index in [4.69, 9.17) is 14.7 Å². The molecule has 0 saturated carbocycles. The van der Waals surface area contributed by atoms with Gasteiger partial charge in [-0.2, -0.15) is 14.8 Å². The van der Waals surface area contributed by atoms with Gasteiger partial charge in [0.2, 0.25) is 5.95 Å². The summed E-state index contributed by atoms with van der Waals surface area (Å²) in [4.78, 5) is 16.1. The summed E-state index contributed by atoms with van der Waals surface area (Å²) in [5.74, 6) is 3.38. The molecule has 0 spiro atoms. The second kappa shape index (κ2) is 6.54. The van der Waals surface area contributed by atoms with Gasteiger partial charge in [0.15, 0.2) is 11.6 Å². The summed E-state index contributed by atoms with van der Waals surface area (Å²) in [6.45, 7) is 5.56. The van der Waals surface area contributed by atoms with Crippen LogP contribution in [0.15, 0.2) is 12.5 Å². The van der Waals surface area contributed by atoms with Crippen LogP contribution in [-0.2, 0) is 11.3 Å². The maximum atomic E-state index is 5.90. The first kappa shape index (κ1) is 16.6. The first-order valence-corrected chi connectivity index (χ1v) is 9.39. The highest BCUT2D eigenvalue weighted by Crippen LogP contribution is 2.30. The molecule has 0 bridgehead atoms. The Hall–Kier alpha value is -2.59. The number of aromatic amines is 1. The molecule has 0 amide bonds. The number of morpholine rings is 1. The van der Waals surface area contributed by atoms with Crippen molar-refractivity contribution in [2.45, 2.75) is 38.3 Å². The molecule has 5 rings (SSSR count). The first-order valence-electron chi connectivity index (χ1n) is 9.39. The molecule has 2 aliphatic heterocycles. The van der Waals surface area contributed by atoms with E-state index < -0.39 is 0 Å². The number of hydrogen-bond acceptors (Lipinski definition) is 7. The molecule has 2 unspecified atom stereocenters. The van der Waals surface area contributed by atoms with E-state index in [0.29, 0.717) is 30.1 Å². The highest BCUT2D eigenvalue weighted by Gasteiger charge is 2.28. The van der Waals surface area contributed by atoms with Gasteiger partial charge in [-0.3, -0.25) is 0 Å². The molecule has 0 radical (unpaired) electrons. The molecule has 5 heterocycles. The predicted molar refractivity (Wildman–Crippen MR) is 96.4 cm³/mol. The lowest BCUT2D eigenvalue weighted by Crippen LogP contribution is -2.35. The molecule has 27 heavy (non-hydrogen) atoms. The molecule has 2 atom stereocenters. The number of H-pyrrole nitrogens is 1. The highest BCUT2D eigenvalue weighted by molar-refractivity contribution is 5.51. The zero-order valence-corrected chi connectivity index (χ0v) is 15.5. The number of imidazole rings is 1. The lowest BCUT2D eigenvalue weighted by atomic mass is 10.0. The number of aromatic nitrogens is 8. The molecular formula is C17H23N9O. The van der Waals surface area contributed by atoms with Crippen molar-refractivity contribution >= 4 is 0 Å². The van der Waals surface area contributed by atoms with Gasteiger partial charge in [0.05, 0.1) is 6.61 Å². The number of aryl methyl sites for hydroxylation is 1. The molecule has 2 aliphatic rings. The summed E-state index contributed by atoms with van der Waals surface area (Å²) >= 11 is 0. The monoisotopic (exact) mass is 369 g/mol. The molecule has 3 aromatic rings.